The molecular formula is C20H16N2O2S. The molecule has 25 heavy (non-hydrogen) atoms. The van der Waals surface area contributed by atoms with Gasteiger partial charge in [0, 0.05) is 15.8 Å². The van der Waals surface area contributed by atoms with Gasteiger partial charge in [0.15, 0.2) is 5.13 Å². The topological polar surface area (TPSA) is 55.1 Å². The van der Waals surface area contributed by atoms with Crippen LogP contribution in [0.3, 0.4) is 0 Å². The molecule has 1 aliphatic carbocycles. The fourth-order valence-electron chi connectivity index (χ4n) is 3.58. The lowest BCUT2D eigenvalue weighted by Crippen LogP contribution is -2.14. The third-order valence-corrected chi connectivity index (χ3v) is 5.81. The van der Waals surface area contributed by atoms with Gasteiger partial charge in [-0.15, -0.1) is 11.3 Å². The fourth-order valence-corrected chi connectivity index (χ4v) is 4.65. The van der Waals surface area contributed by atoms with Gasteiger partial charge in [0.05, 0.1) is 18.4 Å². The summed E-state index contributed by atoms with van der Waals surface area (Å²) in [6.07, 6.45) is 5.27. The van der Waals surface area contributed by atoms with Crippen LogP contribution < -0.4 is 5.32 Å². The molecule has 4 nitrogen and oxygen atoms in total. The lowest BCUT2D eigenvalue weighted by molar-refractivity contribution is -0.115. The van der Waals surface area contributed by atoms with Crippen LogP contribution in [0.15, 0.2) is 47.1 Å². The van der Waals surface area contributed by atoms with Crippen LogP contribution in [0.4, 0.5) is 5.13 Å². The van der Waals surface area contributed by atoms with E-state index in [4.69, 9.17) is 4.42 Å². The van der Waals surface area contributed by atoms with E-state index in [0.717, 1.165) is 45.8 Å². The van der Waals surface area contributed by atoms with Crippen LogP contribution in [-0.2, 0) is 24.1 Å². The molecular weight excluding hydrogens is 332 g/mol. The number of anilines is 1. The van der Waals surface area contributed by atoms with Gasteiger partial charge in [-0.05, 0) is 36.1 Å². The van der Waals surface area contributed by atoms with Crippen molar-refractivity contribution in [2.45, 2.75) is 25.7 Å². The molecule has 5 heteroatoms. The number of rotatable bonds is 3. The molecule has 124 valence electrons. The van der Waals surface area contributed by atoms with E-state index in [9.17, 15) is 4.79 Å². The third kappa shape index (κ3) is 2.51. The fraction of sp³-hybridized carbons (Fsp3) is 0.200. The molecule has 4 aromatic rings. The molecule has 0 saturated carbocycles. The molecule has 2 heterocycles. The molecule has 0 atom stereocenters. The number of thiazole rings is 1. The van der Waals surface area contributed by atoms with E-state index in [1.165, 1.54) is 11.3 Å². The number of nitrogens with zero attached hydrogens (tertiary/aromatic N) is 1. The summed E-state index contributed by atoms with van der Waals surface area (Å²) in [5.74, 6) is -0.0527. The summed E-state index contributed by atoms with van der Waals surface area (Å²) >= 11 is 1.60. The first kappa shape index (κ1) is 14.7. The molecule has 0 bridgehead atoms. The van der Waals surface area contributed by atoms with Gasteiger partial charge in [-0.25, -0.2) is 4.98 Å². The molecule has 0 fully saturated rings. The Labute approximate surface area is 148 Å². The zero-order valence-corrected chi connectivity index (χ0v) is 14.4. The van der Waals surface area contributed by atoms with E-state index in [2.05, 4.69) is 22.4 Å². The number of hydrogen-bond acceptors (Lipinski definition) is 4. The van der Waals surface area contributed by atoms with E-state index >= 15 is 0 Å². The van der Waals surface area contributed by atoms with Crippen LogP contribution in [0.25, 0.3) is 21.7 Å². The minimum absolute atomic E-state index is 0.0527. The molecule has 2 aromatic carbocycles. The van der Waals surface area contributed by atoms with Crippen molar-refractivity contribution in [3.05, 3.63) is 58.8 Å². The number of carbonyl (C=O) groups is 1. The van der Waals surface area contributed by atoms with Crippen molar-refractivity contribution in [1.29, 1.82) is 0 Å². The second kappa shape index (κ2) is 5.70. The average molecular weight is 348 g/mol. The SMILES string of the molecule is O=C(Cc1coc2ccc3ccccc3c12)Nc1nc2c(s1)CCC2. The summed E-state index contributed by atoms with van der Waals surface area (Å²) in [5.41, 5.74) is 2.88. The number of hydrogen-bond donors (Lipinski definition) is 1. The van der Waals surface area contributed by atoms with E-state index in [0.29, 0.717) is 5.13 Å². The average Bonchev–Trinajstić information content (AvgIpc) is 3.30. The summed E-state index contributed by atoms with van der Waals surface area (Å²) in [7, 11) is 0. The number of benzene rings is 2. The van der Waals surface area contributed by atoms with Gasteiger partial charge >= 0.3 is 0 Å². The molecule has 1 N–H and O–H groups in total. The van der Waals surface area contributed by atoms with Gasteiger partial charge in [-0.2, -0.15) is 0 Å². The Kier molecular flexibility index (Phi) is 3.35. The maximum atomic E-state index is 12.5. The zero-order valence-electron chi connectivity index (χ0n) is 13.5. The largest absolute Gasteiger partial charge is 0.464 e. The van der Waals surface area contributed by atoms with Crippen LogP contribution in [-0.4, -0.2) is 10.9 Å². The summed E-state index contributed by atoms with van der Waals surface area (Å²) in [5, 5.41) is 6.95. The Morgan fingerprint density at radius 1 is 1.20 bits per heavy atom. The Morgan fingerprint density at radius 3 is 3.04 bits per heavy atom. The van der Waals surface area contributed by atoms with Crippen molar-refractivity contribution < 1.29 is 9.21 Å². The highest BCUT2D eigenvalue weighted by Gasteiger charge is 2.19. The molecule has 1 amide bonds. The molecule has 5 rings (SSSR count). The van der Waals surface area contributed by atoms with Gasteiger partial charge < -0.3 is 9.73 Å². The maximum Gasteiger partial charge on any atom is 0.230 e. The number of nitrogens with one attached hydrogen (secondary N) is 1. The van der Waals surface area contributed by atoms with Crippen molar-refractivity contribution >= 4 is 44.1 Å². The number of furan rings is 1. The highest BCUT2D eigenvalue weighted by molar-refractivity contribution is 7.15. The van der Waals surface area contributed by atoms with Gasteiger partial charge in [0.25, 0.3) is 0 Å². The van der Waals surface area contributed by atoms with Crippen molar-refractivity contribution in [2.75, 3.05) is 5.32 Å². The minimum Gasteiger partial charge on any atom is -0.464 e. The van der Waals surface area contributed by atoms with Crippen molar-refractivity contribution in [1.82, 2.24) is 4.98 Å². The van der Waals surface area contributed by atoms with E-state index in [1.807, 2.05) is 24.3 Å². The first-order valence-corrected chi connectivity index (χ1v) is 9.26. The van der Waals surface area contributed by atoms with Crippen LogP contribution in [0.1, 0.15) is 22.6 Å². The standard InChI is InChI=1S/C20H16N2O2S/c23-18(22-20-21-15-6-3-7-17(15)25-20)10-13-11-24-16-9-8-12-4-1-2-5-14(12)19(13)16/h1-2,4-5,8-9,11H,3,6-7,10H2,(H,21,22,23). The smallest absolute Gasteiger partial charge is 0.230 e. The van der Waals surface area contributed by atoms with E-state index < -0.39 is 0 Å². The van der Waals surface area contributed by atoms with Gasteiger partial charge in [0.1, 0.15) is 5.58 Å². The van der Waals surface area contributed by atoms with Crippen LogP contribution >= 0.6 is 11.3 Å². The molecule has 0 spiro atoms. The van der Waals surface area contributed by atoms with Gasteiger partial charge in [-0.3, -0.25) is 4.79 Å². The highest BCUT2D eigenvalue weighted by atomic mass is 32.1. The Hall–Kier alpha value is -2.66. The Balaban J connectivity index is 1.45. The summed E-state index contributed by atoms with van der Waals surface area (Å²) in [4.78, 5) is 18.4. The quantitative estimate of drug-likeness (QED) is 0.583. The second-order valence-corrected chi connectivity index (χ2v) is 7.47. The predicted octanol–water partition coefficient (Wildman–Crippen LogP) is 4.71. The lowest BCUT2D eigenvalue weighted by Gasteiger charge is -2.03. The third-order valence-electron chi connectivity index (χ3n) is 4.73. The van der Waals surface area contributed by atoms with E-state index in [-0.39, 0.29) is 12.3 Å². The normalized spacial score (nSPS) is 13.4. The van der Waals surface area contributed by atoms with Crippen LogP contribution in [0, 0.1) is 0 Å². The first-order valence-electron chi connectivity index (χ1n) is 8.44. The predicted molar refractivity (Wildman–Crippen MR) is 100 cm³/mol. The summed E-state index contributed by atoms with van der Waals surface area (Å²) in [6, 6.07) is 12.2. The number of amides is 1. The second-order valence-electron chi connectivity index (χ2n) is 6.39. The van der Waals surface area contributed by atoms with Crippen molar-refractivity contribution in [2.24, 2.45) is 0 Å². The first-order chi connectivity index (χ1) is 12.3. The van der Waals surface area contributed by atoms with Gasteiger partial charge in [-0.1, -0.05) is 30.3 Å². The molecule has 0 aliphatic heterocycles. The monoisotopic (exact) mass is 348 g/mol. The minimum atomic E-state index is -0.0527. The van der Waals surface area contributed by atoms with Crippen molar-refractivity contribution in [3.8, 4) is 0 Å². The summed E-state index contributed by atoms with van der Waals surface area (Å²) < 4.78 is 5.66. The zero-order chi connectivity index (χ0) is 16.8. The lowest BCUT2D eigenvalue weighted by atomic mass is 10.0. The van der Waals surface area contributed by atoms with Crippen molar-refractivity contribution in [3.63, 3.8) is 0 Å². The number of aryl methyl sites for hydroxylation is 2. The molecule has 1 aliphatic rings. The molecule has 2 aromatic heterocycles. The van der Waals surface area contributed by atoms with E-state index in [1.54, 1.807) is 17.6 Å². The maximum absolute atomic E-state index is 12.5. The Morgan fingerprint density at radius 2 is 2.12 bits per heavy atom. The molecule has 0 unspecified atom stereocenters. The van der Waals surface area contributed by atoms with Crippen LogP contribution in [0.5, 0.6) is 0 Å². The summed E-state index contributed by atoms with van der Waals surface area (Å²) in [6.45, 7) is 0. The van der Waals surface area contributed by atoms with Crippen LogP contribution in [0.2, 0.25) is 0 Å². The van der Waals surface area contributed by atoms with Gasteiger partial charge in [0.2, 0.25) is 5.91 Å². The number of aromatic nitrogens is 1. The molecule has 0 saturated heterocycles. The highest BCUT2D eigenvalue weighted by Crippen LogP contribution is 2.32. The Bertz CT molecular complexity index is 1090. The number of carbonyl (C=O) groups excluding carboxylic acids is 1. The number of fused-ring (bicyclic) bond motifs is 4. The molecule has 0 radical (unpaired) electrons.